The number of fused-ring (bicyclic) bond motifs is 1. The van der Waals surface area contributed by atoms with E-state index >= 15 is 0 Å². The van der Waals surface area contributed by atoms with Crippen molar-refractivity contribution >= 4 is 15.9 Å². The SMILES string of the molecule is COCC(NCc1cc(Br)c2c(c1)OCCCO2)C(C)C. The van der Waals surface area contributed by atoms with Crippen molar-refractivity contribution in [2.45, 2.75) is 32.9 Å². The minimum Gasteiger partial charge on any atom is -0.490 e. The van der Waals surface area contributed by atoms with E-state index in [2.05, 4.69) is 47.2 Å². The number of ether oxygens (including phenoxy) is 3. The molecule has 0 saturated heterocycles. The molecule has 1 aromatic rings. The van der Waals surface area contributed by atoms with E-state index in [-0.39, 0.29) is 0 Å². The van der Waals surface area contributed by atoms with E-state index < -0.39 is 0 Å². The topological polar surface area (TPSA) is 39.7 Å². The minimum atomic E-state index is 0.338. The molecule has 1 aliphatic rings. The fraction of sp³-hybridized carbons (Fsp3) is 0.625. The van der Waals surface area contributed by atoms with Crippen LogP contribution in [0.25, 0.3) is 0 Å². The van der Waals surface area contributed by atoms with Crippen LogP contribution in [-0.2, 0) is 11.3 Å². The predicted octanol–water partition coefficient (Wildman–Crippen LogP) is 3.37. The van der Waals surface area contributed by atoms with Gasteiger partial charge in [0.15, 0.2) is 11.5 Å². The Labute approximate surface area is 135 Å². The Kier molecular flexibility index (Phi) is 6.33. The molecule has 5 heteroatoms. The average molecular weight is 358 g/mol. The molecule has 2 rings (SSSR count). The molecule has 1 unspecified atom stereocenters. The van der Waals surface area contributed by atoms with Gasteiger partial charge in [-0.3, -0.25) is 0 Å². The van der Waals surface area contributed by atoms with Gasteiger partial charge in [-0.1, -0.05) is 13.8 Å². The Hall–Kier alpha value is -0.780. The maximum atomic E-state index is 5.76. The molecule has 0 fully saturated rings. The zero-order chi connectivity index (χ0) is 15.2. The number of nitrogens with one attached hydrogen (secondary N) is 1. The smallest absolute Gasteiger partial charge is 0.175 e. The third-order valence-electron chi connectivity index (χ3n) is 3.58. The first-order chi connectivity index (χ1) is 10.1. The Balaban J connectivity index is 2.07. The second-order valence-corrected chi connectivity index (χ2v) is 6.50. The highest BCUT2D eigenvalue weighted by Crippen LogP contribution is 2.38. The van der Waals surface area contributed by atoms with Gasteiger partial charge in [-0.05, 0) is 39.5 Å². The monoisotopic (exact) mass is 357 g/mol. The van der Waals surface area contributed by atoms with Gasteiger partial charge in [-0.15, -0.1) is 0 Å². The molecule has 1 aromatic carbocycles. The van der Waals surface area contributed by atoms with Crippen LogP contribution in [0.15, 0.2) is 16.6 Å². The van der Waals surface area contributed by atoms with Gasteiger partial charge in [0.05, 0.1) is 24.3 Å². The van der Waals surface area contributed by atoms with E-state index in [9.17, 15) is 0 Å². The van der Waals surface area contributed by atoms with Crippen LogP contribution in [0, 0.1) is 5.92 Å². The van der Waals surface area contributed by atoms with Crippen molar-refractivity contribution in [3.8, 4) is 11.5 Å². The van der Waals surface area contributed by atoms with Gasteiger partial charge in [0, 0.05) is 26.1 Å². The van der Waals surface area contributed by atoms with E-state index in [1.54, 1.807) is 7.11 Å². The lowest BCUT2D eigenvalue weighted by molar-refractivity contribution is 0.146. The summed E-state index contributed by atoms with van der Waals surface area (Å²) in [7, 11) is 1.74. The molecule has 0 radical (unpaired) electrons. The van der Waals surface area contributed by atoms with Crippen LogP contribution >= 0.6 is 15.9 Å². The summed E-state index contributed by atoms with van der Waals surface area (Å²) in [5.74, 6) is 2.16. The Morgan fingerprint density at radius 1 is 1.29 bits per heavy atom. The molecule has 0 aliphatic carbocycles. The molecule has 0 bridgehead atoms. The Bertz CT molecular complexity index is 465. The summed E-state index contributed by atoms with van der Waals surface area (Å²) >= 11 is 3.58. The van der Waals surface area contributed by atoms with Crippen LogP contribution in [-0.4, -0.2) is 33.0 Å². The lowest BCUT2D eigenvalue weighted by Gasteiger charge is -2.22. The van der Waals surface area contributed by atoms with Gasteiger partial charge in [0.2, 0.25) is 0 Å². The number of halogens is 1. The third-order valence-corrected chi connectivity index (χ3v) is 4.17. The highest BCUT2D eigenvalue weighted by Gasteiger charge is 2.17. The van der Waals surface area contributed by atoms with Gasteiger partial charge >= 0.3 is 0 Å². The number of hydrogen-bond donors (Lipinski definition) is 1. The molecule has 1 aliphatic heterocycles. The second kappa shape index (κ2) is 8.01. The van der Waals surface area contributed by atoms with Gasteiger partial charge in [0.25, 0.3) is 0 Å². The van der Waals surface area contributed by atoms with Gasteiger partial charge < -0.3 is 19.5 Å². The van der Waals surface area contributed by atoms with Crippen LogP contribution in [0.1, 0.15) is 25.8 Å². The fourth-order valence-electron chi connectivity index (χ4n) is 2.30. The zero-order valence-electron chi connectivity index (χ0n) is 12.9. The molecule has 118 valence electrons. The highest BCUT2D eigenvalue weighted by molar-refractivity contribution is 9.10. The lowest BCUT2D eigenvalue weighted by Crippen LogP contribution is -2.37. The first kappa shape index (κ1) is 16.6. The Morgan fingerprint density at radius 2 is 2.05 bits per heavy atom. The molecule has 0 aromatic heterocycles. The van der Waals surface area contributed by atoms with Crippen molar-refractivity contribution in [3.63, 3.8) is 0 Å². The molecule has 21 heavy (non-hydrogen) atoms. The highest BCUT2D eigenvalue weighted by atomic mass is 79.9. The normalized spacial score (nSPS) is 15.9. The zero-order valence-corrected chi connectivity index (χ0v) is 14.5. The maximum absolute atomic E-state index is 5.76. The van der Waals surface area contributed by atoms with Gasteiger partial charge in [-0.25, -0.2) is 0 Å². The summed E-state index contributed by atoms with van der Waals surface area (Å²) in [5.41, 5.74) is 1.17. The van der Waals surface area contributed by atoms with Gasteiger partial charge in [0.1, 0.15) is 0 Å². The van der Waals surface area contributed by atoms with Gasteiger partial charge in [-0.2, -0.15) is 0 Å². The summed E-state index contributed by atoms with van der Waals surface area (Å²) in [6.07, 6.45) is 0.915. The number of methoxy groups -OCH3 is 1. The van der Waals surface area contributed by atoms with Crippen LogP contribution in [0.4, 0.5) is 0 Å². The van der Waals surface area contributed by atoms with E-state index in [0.717, 1.165) is 28.9 Å². The first-order valence-corrected chi connectivity index (χ1v) is 8.21. The van der Waals surface area contributed by atoms with Crippen molar-refractivity contribution in [1.29, 1.82) is 0 Å². The van der Waals surface area contributed by atoms with Crippen molar-refractivity contribution in [3.05, 3.63) is 22.2 Å². The number of hydrogen-bond acceptors (Lipinski definition) is 4. The molecular formula is C16H24BrNO3. The molecule has 1 N–H and O–H groups in total. The standard InChI is InChI=1S/C16H24BrNO3/c1-11(2)14(10-19-3)18-9-12-7-13(17)16-15(8-12)20-5-4-6-21-16/h7-8,11,14,18H,4-6,9-10H2,1-3H3. The van der Waals surface area contributed by atoms with Crippen LogP contribution < -0.4 is 14.8 Å². The number of benzene rings is 1. The lowest BCUT2D eigenvalue weighted by atomic mass is 10.0. The van der Waals surface area contributed by atoms with Crippen molar-refractivity contribution < 1.29 is 14.2 Å². The largest absolute Gasteiger partial charge is 0.490 e. The molecule has 0 amide bonds. The molecular weight excluding hydrogens is 334 g/mol. The van der Waals surface area contributed by atoms with Crippen LogP contribution in [0.3, 0.4) is 0 Å². The summed E-state index contributed by atoms with van der Waals surface area (Å²) in [5, 5.41) is 3.54. The van der Waals surface area contributed by atoms with E-state index in [1.165, 1.54) is 5.56 Å². The summed E-state index contributed by atoms with van der Waals surface area (Å²) in [6.45, 7) is 7.28. The first-order valence-electron chi connectivity index (χ1n) is 7.42. The van der Waals surface area contributed by atoms with Crippen molar-refractivity contribution in [2.24, 2.45) is 5.92 Å². The van der Waals surface area contributed by atoms with E-state index in [4.69, 9.17) is 14.2 Å². The quantitative estimate of drug-likeness (QED) is 0.847. The molecule has 1 heterocycles. The predicted molar refractivity (Wildman–Crippen MR) is 87.1 cm³/mol. The van der Waals surface area contributed by atoms with Crippen LogP contribution in [0.5, 0.6) is 11.5 Å². The van der Waals surface area contributed by atoms with Crippen molar-refractivity contribution in [1.82, 2.24) is 5.32 Å². The molecule has 0 saturated carbocycles. The van der Waals surface area contributed by atoms with Crippen LogP contribution in [0.2, 0.25) is 0 Å². The third kappa shape index (κ3) is 4.59. The summed E-state index contributed by atoms with van der Waals surface area (Å²) in [6, 6.07) is 4.48. The fourth-order valence-corrected chi connectivity index (χ4v) is 2.91. The average Bonchev–Trinajstić information content (AvgIpc) is 2.68. The molecule has 0 spiro atoms. The minimum absolute atomic E-state index is 0.338. The molecule has 4 nitrogen and oxygen atoms in total. The van der Waals surface area contributed by atoms with E-state index in [1.807, 2.05) is 0 Å². The number of rotatable bonds is 6. The van der Waals surface area contributed by atoms with Crippen molar-refractivity contribution in [2.75, 3.05) is 26.9 Å². The Morgan fingerprint density at radius 3 is 2.76 bits per heavy atom. The maximum Gasteiger partial charge on any atom is 0.175 e. The second-order valence-electron chi connectivity index (χ2n) is 5.64. The molecule has 1 atom stereocenters. The summed E-state index contributed by atoms with van der Waals surface area (Å²) in [4.78, 5) is 0. The van der Waals surface area contributed by atoms with E-state index in [0.29, 0.717) is 31.8 Å². The summed E-state index contributed by atoms with van der Waals surface area (Å²) < 4.78 is 17.7.